The van der Waals surface area contributed by atoms with Crippen LogP contribution in [0.15, 0.2) is 24.3 Å². The number of rotatable bonds is 5. The molecule has 0 amide bonds. The van der Waals surface area contributed by atoms with Crippen LogP contribution in [0.1, 0.15) is 19.8 Å². The molecule has 0 bridgehead atoms. The maximum atomic E-state index is 11.4. The van der Waals surface area contributed by atoms with Gasteiger partial charge in [0.2, 0.25) is 0 Å². The third-order valence-electron chi connectivity index (χ3n) is 3.31. The van der Waals surface area contributed by atoms with Crippen molar-refractivity contribution >= 4 is 11.7 Å². The summed E-state index contributed by atoms with van der Waals surface area (Å²) in [6.45, 7) is 1.96. The fraction of sp³-hybridized carbons (Fsp3) is 0.500. The summed E-state index contributed by atoms with van der Waals surface area (Å²) in [7, 11) is 1.59. The van der Waals surface area contributed by atoms with Crippen LogP contribution in [0.3, 0.4) is 0 Å². The molecule has 5 heteroatoms. The molecular formula is C14H19NO4. The van der Waals surface area contributed by atoms with Crippen LogP contribution in [0.2, 0.25) is 0 Å². The van der Waals surface area contributed by atoms with E-state index in [9.17, 15) is 9.90 Å². The number of carboxylic acids is 1. The van der Waals surface area contributed by atoms with Gasteiger partial charge < -0.3 is 19.9 Å². The van der Waals surface area contributed by atoms with Crippen molar-refractivity contribution in [2.75, 3.05) is 12.4 Å². The van der Waals surface area contributed by atoms with Crippen molar-refractivity contribution in [2.45, 2.75) is 38.0 Å². The van der Waals surface area contributed by atoms with Crippen molar-refractivity contribution in [2.24, 2.45) is 0 Å². The van der Waals surface area contributed by atoms with Crippen LogP contribution in [-0.4, -0.2) is 36.4 Å². The summed E-state index contributed by atoms with van der Waals surface area (Å²) >= 11 is 0. The van der Waals surface area contributed by atoms with Gasteiger partial charge >= 0.3 is 5.97 Å². The summed E-state index contributed by atoms with van der Waals surface area (Å²) in [6.07, 6.45) is 1.51. The second-order valence-electron chi connectivity index (χ2n) is 4.75. The smallest absolute Gasteiger partial charge is 0.328 e. The molecule has 1 aromatic rings. The Kier molecular flexibility index (Phi) is 4.27. The largest absolute Gasteiger partial charge is 0.497 e. The average Bonchev–Trinajstić information content (AvgIpc) is 2.82. The Labute approximate surface area is 112 Å². The first-order chi connectivity index (χ1) is 9.10. The van der Waals surface area contributed by atoms with Crippen LogP contribution in [0.25, 0.3) is 0 Å². The summed E-state index contributed by atoms with van der Waals surface area (Å²) in [6, 6.07) is 6.46. The van der Waals surface area contributed by atoms with E-state index in [4.69, 9.17) is 9.47 Å². The maximum Gasteiger partial charge on any atom is 0.328 e. The Morgan fingerprint density at radius 1 is 1.42 bits per heavy atom. The van der Waals surface area contributed by atoms with Gasteiger partial charge in [-0.15, -0.1) is 0 Å². The van der Waals surface area contributed by atoms with Gasteiger partial charge in [-0.1, -0.05) is 0 Å². The van der Waals surface area contributed by atoms with E-state index in [0.717, 1.165) is 24.3 Å². The van der Waals surface area contributed by atoms with E-state index < -0.39 is 12.0 Å². The summed E-state index contributed by atoms with van der Waals surface area (Å²) in [4.78, 5) is 11.4. The monoisotopic (exact) mass is 265 g/mol. The molecule has 0 aliphatic carbocycles. The first-order valence-corrected chi connectivity index (χ1v) is 6.39. The molecule has 1 aromatic carbocycles. The summed E-state index contributed by atoms with van der Waals surface area (Å²) in [5.74, 6) is -0.155. The topological polar surface area (TPSA) is 67.8 Å². The maximum absolute atomic E-state index is 11.4. The van der Waals surface area contributed by atoms with Gasteiger partial charge in [-0.05, 0) is 44.0 Å². The molecule has 0 spiro atoms. The fourth-order valence-corrected chi connectivity index (χ4v) is 2.26. The summed E-state index contributed by atoms with van der Waals surface area (Å²) in [5, 5.41) is 12.3. The van der Waals surface area contributed by atoms with Crippen molar-refractivity contribution in [3.63, 3.8) is 0 Å². The third kappa shape index (κ3) is 3.38. The molecule has 104 valence electrons. The molecule has 2 N–H and O–H groups in total. The number of methoxy groups -OCH3 is 1. The SMILES string of the molecule is COc1ccc(NC(C(=O)O)C2CCC(C)O2)cc1. The Morgan fingerprint density at radius 3 is 2.58 bits per heavy atom. The van der Waals surface area contributed by atoms with Gasteiger partial charge in [0.25, 0.3) is 0 Å². The minimum Gasteiger partial charge on any atom is -0.497 e. The Hall–Kier alpha value is -1.75. The minimum atomic E-state index is -0.894. The van der Waals surface area contributed by atoms with E-state index in [2.05, 4.69) is 5.32 Å². The highest BCUT2D eigenvalue weighted by Gasteiger charge is 2.34. The highest BCUT2D eigenvalue weighted by atomic mass is 16.5. The van der Waals surface area contributed by atoms with E-state index in [1.807, 2.05) is 6.92 Å². The highest BCUT2D eigenvalue weighted by Crippen LogP contribution is 2.24. The van der Waals surface area contributed by atoms with Crippen LogP contribution in [0.4, 0.5) is 5.69 Å². The Balaban J connectivity index is 2.05. The molecule has 1 aliphatic heterocycles. The lowest BCUT2D eigenvalue weighted by atomic mass is 10.1. The third-order valence-corrected chi connectivity index (χ3v) is 3.31. The Morgan fingerprint density at radius 2 is 2.11 bits per heavy atom. The normalized spacial score (nSPS) is 23.9. The predicted octanol–water partition coefficient (Wildman–Crippen LogP) is 2.13. The van der Waals surface area contributed by atoms with Crippen LogP contribution < -0.4 is 10.1 Å². The minimum absolute atomic E-state index is 0.129. The number of carboxylic acid groups (broad SMARTS) is 1. The molecule has 0 aromatic heterocycles. The van der Waals surface area contributed by atoms with E-state index in [1.165, 1.54) is 0 Å². The van der Waals surface area contributed by atoms with Crippen molar-refractivity contribution in [1.29, 1.82) is 0 Å². The van der Waals surface area contributed by atoms with Crippen molar-refractivity contribution in [1.82, 2.24) is 0 Å². The van der Waals surface area contributed by atoms with Gasteiger partial charge in [0, 0.05) is 5.69 Å². The molecule has 0 saturated carbocycles. The van der Waals surface area contributed by atoms with Gasteiger partial charge in [-0.25, -0.2) is 4.79 Å². The second kappa shape index (κ2) is 5.93. The number of ether oxygens (including phenoxy) is 2. The summed E-state index contributed by atoms with van der Waals surface area (Å²) in [5.41, 5.74) is 0.747. The average molecular weight is 265 g/mol. The molecule has 19 heavy (non-hydrogen) atoms. The van der Waals surface area contributed by atoms with Crippen LogP contribution in [-0.2, 0) is 9.53 Å². The zero-order chi connectivity index (χ0) is 13.8. The number of hydrogen-bond acceptors (Lipinski definition) is 4. The Bertz CT molecular complexity index is 432. The summed E-state index contributed by atoms with van der Waals surface area (Å²) < 4.78 is 10.7. The predicted molar refractivity (Wildman–Crippen MR) is 71.6 cm³/mol. The zero-order valence-corrected chi connectivity index (χ0v) is 11.1. The number of benzene rings is 1. The molecular weight excluding hydrogens is 246 g/mol. The van der Waals surface area contributed by atoms with Gasteiger partial charge in [0.15, 0.2) is 6.04 Å². The van der Waals surface area contributed by atoms with Crippen molar-refractivity contribution in [3.05, 3.63) is 24.3 Å². The van der Waals surface area contributed by atoms with Gasteiger partial charge in [-0.3, -0.25) is 0 Å². The molecule has 2 rings (SSSR count). The molecule has 1 aliphatic rings. The fourth-order valence-electron chi connectivity index (χ4n) is 2.26. The van der Waals surface area contributed by atoms with Crippen molar-refractivity contribution in [3.8, 4) is 5.75 Å². The lowest BCUT2D eigenvalue weighted by Gasteiger charge is -2.22. The van der Waals surface area contributed by atoms with Crippen LogP contribution in [0.5, 0.6) is 5.75 Å². The highest BCUT2D eigenvalue weighted by molar-refractivity contribution is 5.78. The van der Waals surface area contributed by atoms with Crippen LogP contribution >= 0.6 is 0 Å². The number of hydrogen-bond donors (Lipinski definition) is 2. The van der Waals surface area contributed by atoms with Crippen molar-refractivity contribution < 1.29 is 19.4 Å². The number of nitrogens with one attached hydrogen (secondary N) is 1. The quantitative estimate of drug-likeness (QED) is 0.853. The molecule has 3 atom stereocenters. The van der Waals surface area contributed by atoms with Crippen LogP contribution in [0, 0.1) is 0 Å². The first kappa shape index (κ1) is 13.7. The number of anilines is 1. The molecule has 1 saturated heterocycles. The lowest BCUT2D eigenvalue weighted by Crippen LogP contribution is -2.40. The number of carbonyl (C=O) groups is 1. The van der Waals surface area contributed by atoms with Gasteiger partial charge in [-0.2, -0.15) is 0 Å². The molecule has 1 heterocycles. The molecule has 0 radical (unpaired) electrons. The van der Waals surface area contributed by atoms with E-state index in [-0.39, 0.29) is 12.2 Å². The number of aliphatic carboxylic acids is 1. The van der Waals surface area contributed by atoms with Gasteiger partial charge in [0.05, 0.1) is 19.3 Å². The zero-order valence-electron chi connectivity index (χ0n) is 11.1. The van der Waals surface area contributed by atoms with E-state index in [1.54, 1.807) is 31.4 Å². The van der Waals surface area contributed by atoms with E-state index in [0.29, 0.717) is 0 Å². The van der Waals surface area contributed by atoms with E-state index >= 15 is 0 Å². The second-order valence-corrected chi connectivity index (χ2v) is 4.75. The molecule has 1 fully saturated rings. The first-order valence-electron chi connectivity index (χ1n) is 6.39. The lowest BCUT2D eigenvalue weighted by molar-refractivity contribution is -0.141. The molecule has 5 nitrogen and oxygen atoms in total. The van der Waals surface area contributed by atoms with Gasteiger partial charge in [0.1, 0.15) is 5.75 Å². The molecule has 3 unspecified atom stereocenters. The standard InChI is InChI=1S/C14H19NO4/c1-9-3-8-12(19-9)13(14(16)17)15-10-4-6-11(18-2)7-5-10/h4-7,9,12-13,15H,3,8H2,1-2H3,(H,16,17).